The summed E-state index contributed by atoms with van der Waals surface area (Å²) < 4.78 is 0. The fraction of sp³-hybridized carbons (Fsp3) is 1.00. The molecule has 0 radical (unpaired) electrons. The molecule has 2 saturated carbocycles. The predicted molar refractivity (Wildman–Crippen MR) is 92.4 cm³/mol. The fourth-order valence-corrected chi connectivity index (χ4v) is 4.73. The summed E-state index contributed by atoms with van der Waals surface area (Å²) in [6.45, 7) is 10.9. The number of nitrogens with zero attached hydrogens (tertiary/aromatic N) is 1. The zero-order valence-electron chi connectivity index (χ0n) is 14.9. The summed E-state index contributed by atoms with van der Waals surface area (Å²) in [5, 5.41) is 0. The molecule has 21 heavy (non-hydrogen) atoms. The van der Waals surface area contributed by atoms with Gasteiger partial charge in [0, 0.05) is 18.1 Å². The normalized spacial score (nSPS) is 35.1. The van der Waals surface area contributed by atoms with Crippen LogP contribution in [0.1, 0.15) is 85.5 Å². The highest BCUT2D eigenvalue weighted by Crippen LogP contribution is 2.42. The monoisotopic (exact) mass is 294 g/mol. The van der Waals surface area contributed by atoms with E-state index in [0.29, 0.717) is 11.5 Å². The molecule has 0 spiro atoms. The first-order valence-corrected chi connectivity index (χ1v) is 9.49. The minimum Gasteiger partial charge on any atom is -0.328 e. The molecule has 2 N–H and O–H groups in total. The van der Waals surface area contributed by atoms with E-state index >= 15 is 0 Å². The average Bonchev–Trinajstić information content (AvgIpc) is 2.50. The van der Waals surface area contributed by atoms with E-state index in [-0.39, 0.29) is 0 Å². The number of hydrogen-bond acceptors (Lipinski definition) is 2. The van der Waals surface area contributed by atoms with Crippen LogP contribution in [0.3, 0.4) is 0 Å². The molecule has 0 amide bonds. The minimum atomic E-state index is 0.473. The zero-order chi connectivity index (χ0) is 15.5. The molecule has 2 aliphatic rings. The lowest BCUT2D eigenvalue weighted by Gasteiger charge is -2.45. The van der Waals surface area contributed by atoms with E-state index in [1.54, 1.807) is 0 Å². The van der Waals surface area contributed by atoms with Crippen molar-refractivity contribution in [2.75, 3.05) is 6.54 Å². The summed E-state index contributed by atoms with van der Waals surface area (Å²) in [7, 11) is 0. The van der Waals surface area contributed by atoms with Gasteiger partial charge < -0.3 is 5.73 Å². The fourth-order valence-electron chi connectivity index (χ4n) is 4.73. The van der Waals surface area contributed by atoms with Gasteiger partial charge in [-0.05, 0) is 69.2 Å². The molecule has 0 atom stereocenters. The van der Waals surface area contributed by atoms with Gasteiger partial charge in [-0.3, -0.25) is 4.90 Å². The predicted octanol–water partition coefficient (Wildman–Crippen LogP) is 4.57. The van der Waals surface area contributed by atoms with Gasteiger partial charge in [-0.2, -0.15) is 0 Å². The van der Waals surface area contributed by atoms with Crippen LogP contribution in [0.25, 0.3) is 0 Å². The molecule has 124 valence electrons. The van der Waals surface area contributed by atoms with Gasteiger partial charge in [-0.15, -0.1) is 0 Å². The Morgan fingerprint density at radius 3 is 1.76 bits per heavy atom. The first kappa shape index (κ1) is 17.3. The van der Waals surface area contributed by atoms with Crippen LogP contribution in [0.5, 0.6) is 0 Å². The first-order valence-electron chi connectivity index (χ1n) is 9.49. The Labute approximate surface area is 132 Å². The Bertz CT molecular complexity index is 297. The lowest BCUT2D eigenvalue weighted by molar-refractivity contribution is 0.0489. The molecule has 2 nitrogen and oxygen atoms in total. The van der Waals surface area contributed by atoms with Crippen molar-refractivity contribution in [1.29, 1.82) is 0 Å². The van der Waals surface area contributed by atoms with Crippen molar-refractivity contribution in [3.63, 3.8) is 0 Å². The van der Waals surface area contributed by atoms with Crippen molar-refractivity contribution in [2.24, 2.45) is 17.1 Å². The molecule has 0 unspecified atom stereocenters. The molecule has 0 saturated heterocycles. The van der Waals surface area contributed by atoms with Crippen LogP contribution in [-0.4, -0.2) is 29.6 Å². The van der Waals surface area contributed by atoms with E-state index in [2.05, 4.69) is 32.6 Å². The number of hydrogen-bond donors (Lipinski definition) is 1. The van der Waals surface area contributed by atoms with Crippen LogP contribution in [0, 0.1) is 11.3 Å². The Hall–Kier alpha value is -0.0800. The summed E-state index contributed by atoms with van der Waals surface area (Å²) in [4.78, 5) is 2.83. The van der Waals surface area contributed by atoms with E-state index < -0.39 is 0 Å². The van der Waals surface area contributed by atoms with Gasteiger partial charge in [0.05, 0.1) is 0 Å². The maximum Gasteiger partial charge on any atom is 0.00992 e. The van der Waals surface area contributed by atoms with Crippen LogP contribution in [0.15, 0.2) is 0 Å². The van der Waals surface area contributed by atoms with E-state index in [9.17, 15) is 0 Å². The second-order valence-electron chi connectivity index (χ2n) is 8.25. The van der Waals surface area contributed by atoms with Gasteiger partial charge in [0.25, 0.3) is 0 Å². The lowest BCUT2D eigenvalue weighted by atomic mass is 9.68. The molecule has 0 aromatic rings. The van der Waals surface area contributed by atoms with Gasteiger partial charge in [-0.1, -0.05) is 34.1 Å². The van der Waals surface area contributed by atoms with Gasteiger partial charge >= 0.3 is 0 Å². The molecule has 0 aromatic carbocycles. The first-order chi connectivity index (χ1) is 9.97. The van der Waals surface area contributed by atoms with Crippen LogP contribution < -0.4 is 5.73 Å². The SMILES string of the molecule is CCN(C1CCC(N)CC1)C1CCC(C(C)(C)CC)CC1. The van der Waals surface area contributed by atoms with Gasteiger partial charge in [-0.25, -0.2) is 0 Å². The Morgan fingerprint density at radius 1 is 0.857 bits per heavy atom. The Kier molecular flexibility index (Phi) is 6.14. The highest BCUT2D eigenvalue weighted by molar-refractivity contribution is 4.89. The zero-order valence-corrected chi connectivity index (χ0v) is 14.9. The van der Waals surface area contributed by atoms with Crippen LogP contribution in [0.4, 0.5) is 0 Å². The van der Waals surface area contributed by atoms with E-state index in [1.807, 2.05) is 0 Å². The van der Waals surface area contributed by atoms with E-state index in [4.69, 9.17) is 5.73 Å². The summed E-state index contributed by atoms with van der Waals surface area (Å²) in [6.07, 6.45) is 12.2. The average molecular weight is 295 g/mol. The summed E-state index contributed by atoms with van der Waals surface area (Å²) in [5.74, 6) is 0.942. The summed E-state index contributed by atoms with van der Waals surface area (Å²) >= 11 is 0. The molecule has 0 bridgehead atoms. The molecule has 0 aromatic heterocycles. The van der Waals surface area contributed by atoms with Crippen molar-refractivity contribution in [3.8, 4) is 0 Å². The molecule has 2 aliphatic carbocycles. The van der Waals surface area contributed by atoms with Gasteiger partial charge in [0.2, 0.25) is 0 Å². The van der Waals surface area contributed by atoms with Crippen molar-refractivity contribution in [1.82, 2.24) is 4.90 Å². The highest BCUT2D eigenvalue weighted by atomic mass is 15.2. The largest absolute Gasteiger partial charge is 0.328 e. The van der Waals surface area contributed by atoms with Crippen LogP contribution in [0.2, 0.25) is 0 Å². The maximum atomic E-state index is 6.08. The van der Waals surface area contributed by atoms with Crippen molar-refractivity contribution in [3.05, 3.63) is 0 Å². The molecule has 2 heteroatoms. The molecule has 0 aliphatic heterocycles. The quantitative estimate of drug-likeness (QED) is 0.804. The molecular formula is C19H38N2. The highest BCUT2D eigenvalue weighted by Gasteiger charge is 2.35. The third kappa shape index (κ3) is 4.22. The van der Waals surface area contributed by atoms with E-state index in [0.717, 1.165) is 18.0 Å². The topological polar surface area (TPSA) is 29.3 Å². The maximum absolute atomic E-state index is 6.08. The molecule has 0 heterocycles. The third-order valence-electron chi connectivity index (χ3n) is 6.76. The summed E-state index contributed by atoms with van der Waals surface area (Å²) in [6, 6.07) is 2.13. The van der Waals surface area contributed by atoms with E-state index in [1.165, 1.54) is 64.3 Å². The Morgan fingerprint density at radius 2 is 1.33 bits per heavy atom. The van der Waals surface area contributed by atoms with Crippen LogP contribution in [-0.2, 0) is 0 Å². The van der Waals surface area contributed by atoms with Gasteiger partial charge in [0.15, 0.2) is 0 Å². The lowest BCUT2D eigenvalue weighted by Crippen LogP contribution is -2.48. The standard InChI is InChI=1S/C19H38N2/c1-5-19(3,4)15-7-11-17(12-8-15)21(6-2)18-13-9-16(20)10-14-18/h15-18H,5-14,20H2,1-4H3. The molecule has 2 rings (SSSR count). The molecular weight excluding hydrogens is 256 g/mol. The number of nitrogens with two attached hydrogens (primary N) is 1. The Balaban J connectivity index is 1.87. The molecule has 2 fully saturated rings. The van der Waals surface area contributed by atoms with Crippen molar-refractivity contribution >= 4 is 0 Å². The third-order valence-corrected chi connectivity index (χ3v) is 6.76. The summed E-state index contributed by atoms with van der Waals surface area (Å²) in [5.41, 5.74) is 6.62. The minimum absolute atomic E-state index is 0.473. The van der Waals surface area contributed by atoms with Crippen molar-refractivity contribution in [2.45, 2.75) is 104 Å². The second kappa shape index (κ2) is 7.46. The second-order valence-corrected chi connectivity index (χ2v) is 8.25. The smallest absolute Gasteiger partial charge is 0.00992 e. The number of rotatable bonds is 5. The van der Waals surface area contributed by atoms with Crippen LogP contribution >= 0.6 is 0 Å². The van der Waals surface area contributed by atoms with Gasteiger partial charge in [0.1, 0.15) is 0 Å². The van der Waals surface area contributed by atoms with Crippen molar-refractivity contribution < 1.29 is 0 Å².